The van der Waals surface area contributed by atoms with Crippen molar-refractivity contribution < 1.29 is 19.4 Å². The number of hydrogen-bond acceptors (Lipinski definition) is 5. The Kier molecular flexibility index (Phi) is 12.8. The van der Waals surface area contributed by atoms with Crippen molar-refractivity contribution in [2.75, 3.05) is 19.8 Å². The van der Waals surface area contributed by atoms with Crippen LogP contribution in [0.25, 0.3) is 0 Å². The first-order valence-electron chi connectivity index (χ1n) is 8.35. The molecule has 0 aliphatic heterocycles. The smallest absolute Gasteiger partial charge is 0.323 e. The van der Waals surface area contributed by atoms with Crippen LogP contribution in [0, 0.1) is 0 Å². The lowest BCUT2D eigenvalue weighted by atomic mass is 10.1. The molecule has 0 fully saturated rings. The predicted octanol–water partition coefficient (Wildman–Crippen LogP) is 1.37. The average Bonchev–Trinajstić information content (AvgIpc) is 2.49. The molecule has 0 aromatic rings. The standard InChI is InChI=1S/C16H32N2O4/c1-4-13(3)18-15(20)12-14(16(21)22-5-2)17-10-8-6-7-9-11-19/h13-14,17,19H,4-12H2,1-3H3,(H,18,20). The lowest BCUT2D eigenvalue weighted by molar-refractivity contribution is -0.147. The van der Waals surface area contributed by atoms with Crippen LogP contribution in [-0.4, -0.2) is 48.8 Å². The van der Waals surface area contributed by atoms with Gasteiger partial charge in [0.25, 0.3) is 0 Å². The number of aliphatic hydroxyl groups is 1. The monoisotopic (exact) mass is 316 g/mol. The van der Waals surface area contributed by atoms with E-state index in [1.165, 1.54) is 0 Å². The van der Waals surface area contributed by atoms with E-state index in [-0.39, 0.29) is 30.9 Å². The molecule has 0 aliphatic rings. The molecular weight excluding hydrogens is 284 g/mol. The van der Waals surface area contributed by atoms with Gasteiger partial charge in [0.2, 0.25) is 5.91 Å². The van der Waals surface area contributed by atoms with Crippen LogP contribution in [0.5, 0.6) is 0 Å². The number of esters is 1. The van der Waals surface area contributed by atoms with Crippen molar-refractivity contribution in [1.29, 1.82) is 0 Å². The summed E-state index contributed by atoms with van der Waals surface area (Å²) < 4.78 is 5.02. The molecule has 3 N–H and O–H groups in total. The van der Waals surface area contributed by atoms with Crippen LogP contribution in [0.4, 0.5) is 0 Å². The average molecular weight is 316 g/mol. The first-order valence-corrected chi connectivity index (χ1v) is 8.35. The largest absolute Gasteiger partial charge is 0.465 e. The lowest BCUT2D eigenvalue weighted by Gasteiger charge is -2.18. The normalized spacial score (nSPS) is 13.5. The van der Waals surface area contributed by atoms with Crippen molar-refractivity contribution >= 4 is 11.9 Å². The summed E-state index contributed by atoms with van der Waals surface area (Å²) >= 11 is 0. The van der Waals surface area contributed by atoms with Crippen LogP contribution in [0.15, 0.2) is 0 Å². The van der Waals surface area contributed by atoms with Gasteiger partial charge in [-0.25, -0.2) is 0 Å². The number of hydrogen-bond donors (Lipinski definition) is 3. The maximum Gasteiger partial charge on any atom is 0.323 e. The third kappa shape index (κ3) is 10.6. The Balaban J connectivity index is 4.20. The van der Waals surface area contributed by atoms with E-state index >= 15 is 0 Å². The van der Waals surface area contributed by atoms with Gasteiger partial charge >= 0.3 is 5.97 Å². The fourth-order valence-electron chi connectivity index (χ4n) is 1.97. The number of nitrogens with one attached hydrogen (secondary N) is 2. The highest BCUT2D eigenvalue weighted by Crippen LogP contribution is 2.02. The number of unbranched alkanes of at least 4 members (excludes halogenated alkanes) is 3. The van der Waals surface area contributed by atoms with E-state index in [2.05, 4.69) is 10.6 Å². The molecule has 0 bridgehead atoms. The zero-order valence-electron chi connectivity index (χ0n) is 14.2. The maximum absolute atomic E-state index is 11.9. The summed E-state index contributed by atoms with van der Waals surface area (Å²) in [5.41, 5.74) is 0. The van der Waals surface area contributed by atoms with Gasteiger partial charge in [-0.15, -0.1) is 0 Å². The Hall–Kier alpha value is -1.14. The van der Waals surface area contributed by atoms with Gasteiger partial charge in [0, 0.05) is 12.6 Å². The van der Waals surface area contributed by atoms with Gasteiger partial charge in [-0.1, -0.05) is 19.8 Å². The first-order chi connectivity index (χ1) is 10.5. The molecule has 0 aromatic carbocycles. The molecule has 22 heavy (non-hydrogen) atoms. The van der Waals surface area contributed by atoms with Crippen molar-refractivity contribution in [3.8, 4) is 0 Å². The highest BCUT2D eigenvalue weighted by molar-refractivity contribution is 5.85. The summed E-state index contributed by atoms with van der Waals surface area (Å²) in [5, 5.41) is 14.7. The van der Waals surface area contributed by atoms with Gasteiger partial charge in [-0.05, 0) is 39.7 Å². The summed E-state index contributed by atoms with van der Waals surface area (Å²) in [7, 11) is 0. The molecule has 6 nitrogen and oxygen atoms in total. The number of carbonyl (C=O) groups is 2. The molecule has 0 spiro atoms. The molecule has 2 atom stereocenters. The summed E-state index contributed by atoms with van der Waals surface area (Å²) in [6.45, 7) is 6.87. The zero-order valence-corrected chi connectivity index (χ0v) is 14.2. The number of aliphatic hydroxyl groups excluding tert-OH is 1. The fraction of sp³-hybridized carbons (Fsp3) is 0.875. The molecular formula is C16H32N2O4. The van der Waals surface area contributed by atoms with Crippen molar-refractivity contribution in [3.63, 3.8) is 0 Å². The highest BCUT2D eigenvalue weighted by atomic mass is 16.5. The molecule has 2 unspecified atom stereocenters. The van der Waals surface area contributed by atoms with Crippen LogP contribution in [0.2, 0.25) is 0 Å². The third-order valence-electron chi connectivity index (χ3n) is 3.46. The van der Waals surface area contributed by atoms with Gasteiger partial charge in [-0.3, -0.25) is 9.59 Å². The quantitative estimate of drug-likeness (QED) is 0.353. The number of rotatable bonds is 13. The minimum Gasteiger partial charge on any atom is -0.465 e. The van der Waals surface area contributed by atoms with E-state index in [4.69, 9.17) is 9.84 Å². The second-order valence-electron chi connectivity index (χ2n) is 5.48. The molecule has 0 radical (unpaired) electrons. The minimum absolute atomic E-state index is 0.0970. The van der Waals surface area contributed by atoms with E-state index in [0.717, 1.165) is 32.1 Å². The second kappa shape index (κ2) is 13.5. The van der Waals surface area contributed by atoms with Crippen molar-refractivity contribution in [2.45, 2.75) is 71.4 Å². The SMILES string of the molecule is CCOC(=O)C(CC(=O)NC(C)CC)NCCCCCCO. The highest BCUT2D eigenvalue weighted by Gasteiger charge is 2.22. The lowest BCUT2D eigenvalue weighted by Crippen LogP contribution is -2.44. The Morgan fingerprint density at radius 1 is 1.14 bits per heavy atom. The van der Waals surface area contributed by atoms with E-state index in [1.54, 1.807) is 6.92 Å². The molecule has 0 rings (SSSR count). The summed E-state index contributed by atoms with van der Waals surface area (Å²) in [6.07, 6.45) is 4.62. The summed E-state index contributed by atoms with van der Waals surface area (Å²) in [5.74, 6) is -0.516. The predicted molar refractivity (Wildman–Crippen MR) is 86.5 cm³/mol. The Morgan fingerprint density at radius 2 is 1.82 bits per heavy atom. The van der Waals surface area contributed by atoms with Crippen LogP contribution in [0.3, 0.4) is 0 Å². The molecule has 0 saturated carbocycles. The van der Waals surface area contributed by atoms with Crippen LogP contribution < -0.4 is 10.6 Å². The zero-order chi connectivity index (χ0) is 16.8. The van der Waals surface area contributed by atoms with E-state index < -0.39 is 6.04 Å². The van der Waals surface area contributed by atoms with Crippen LogP contribution in [-0.2, 0) is 14.3 Å². The van der Waals surface area contributed by atoms with Crippen molar-refractivity contribution in [2.24, 2.45) is 0 Å². The van der Waals surface area contributed by atoms with Crippen LogP contribution in [0.1, 0.15) is 59.3 Å². The number of amides is 1. The van der Waals surface area contributed by atoms with E-state index in [1.807, 2.05) is 13.8 Å². The second-order valence-corrected chi connectivity index (χ2v) is 5.48. The Bertz CT molecular complexity index is 311. The van der Waals surface area contributed by atoms with Gasteiger partial charge < -0.3 is 20.5 Å². The summed E-state index contributed by atoms with van der Waals surface area (Å²) in [4.78, 5) is 23.8. The van der Waals surface area contributed by atoms with Gasteiger partial charge in [-0.2, -0.15) is 0 Å². The van der Waals surface area contributed by atoms with E-state index in [9.17, 15) is 9.59 Å². The maximum atomic E-state index is 11.9. The van der Waals surface area contributed by atoms with Gasteiger partial charge in [0.15, 0.2) is 0 Å². The summed E-state index contributed by atoms with van der Waals surface area (Å²) in [6, 6.07) is -0.490. The molecule has 0 aromatic heterocycles. The Morgan fingerprint density at radius 3 is 2.41 bits per heavy atom. The van der Waals surface area contributed by atoms with Gasteiger partial charge in [0.05, 0.1) is 13.0 Å². The molecule has 1 amide bonds. The van der Waals surface area contributed by atoms with Crippen molar-refractivity contribution in [1.82, 2.24) is 10.6 Å². The van der Waals surface area contributed by atoms with E-state index in [0.29, 0.717) is 13.2 Å². The molecule has 0 heterocycles. The molecule has 0 aliphatic carbocycles. The Labute approximate surface area is 134 Å². The van der Waals surface area contributed by atoms with Crippen molar-refractivity contribution in [3.05, 3.63) is 0 Å². The van der Waals surface area contributed by atoms with Gasteiger partial charge in [0.1, 0.15) is 6.04 Å². The fourth-order valence-corrected chi connectivity index (χ4v) is 1.97. The molecule has 6 heteroatoms. The minimum atomic E-state index is -0.596. The number of ether oxygens (including phenoxy) is 1. The number of carbonyl (C=O) groups excluding carboxylic acids is 2. The topological polar surface area (TPSA) is 87.7 Å². The van der Waals surface area contributed by atoms with Crippen LogP contribution >= 0.6 is 0 Å². The molecule has 130 valence electrons. The first kappa shape index (κ1) is 20.9. The third-order valence-corrected chi connectivity index (χ3v) is 3.46. The molecule has 0 saturated heterocycles.